The molecule has 1 amide bonds. The molecule has 122 valence electrons. The van der Waals surface area contributed by atoms with Gasteiger partial charge < -0.3 is 9.64 Å². The molecule has 5 nitrogen and oxygen atoms in total. The number of carbonyl (C=O) groups excluding carboxylic acids is 1. The number of amides is 1. The van der Waals surface area contributed by atoms with E-state index in [0.717, 1.165) is 31.5 Å². The monoisotopic (exact) mass is 313 g/mol. The van der Waals surface area contributed by atoms with E-state index >= 15 is 0 Å². The molecule has 0 spiro atoms. The molecular weight excluding hydrogens is 290 g/mol. The number of likely N-dealkylation sites (tertiary alicyclic amines) is 1. The summed E-state index contributed by atoms with van der Waals surface area (Å²) in [4.78, 5) is 14.7. The van der Waals surface area contributed by atoms with Crippen LogP contribution in [0.4, 0.5) is 0 Å². The van der Waals surface area contributed by atoms with Crippen LogP contribution in [0.25, 0.3) is 0 Å². The van der Waals surface area contributed by atoms with Crippen LogP contribution < -0.4 is 0 Å². The Balaban J connectivity index is 1.62. The zero-order valence-corrected chi connectivity index (χ0v) is 13.7. The van der Waals surface area contributed by atoms with Crippen molar-refractivity contribution in [3.63, 3.8) is 0 Å². The van der Waals surface area contributed by atoms with Crippen molar-refractivity contribution in [1.82, 2.24) is 14.7 Å². The van der Waals surface area contributed by atoms with Gasteiger partial charge in [0.25, 0.3) is 5.91 Å². The number of ether oxygens (including phenoxy) is 1. The topological polar surface area (TPSA) is 47.4 Å². The number of benzene rings is 1. The number of aromatic nitrogens is 2. The van der Waals surface area contributed by atoms with E-state index in [9.17, 15) is 4.79 Å². The Morgan fingerprint density at radius 1 is 1.39 bits per heavy atom. The molecule has 1 aromatic heterocycles. The van der Waals surface area contributed by atoms with Gasteiger partial charge in [-0.05, 0) is 29.9 Å². The van der Waals surface area contributed by atoms with Gasteiger partial charge in [-0.1, -0.05) is 30.3 Å². The highest BCUT2D eigenvalue weighted by atomic mass is 16.5. The first-order valence-corrected chi connectivity index (χ1v) is 8.01. The summed E-state index contributed by atoms with van der Waals surface area (Å²) in [6.45, 7) is 1.59. The zero-order chi connectivity index (χ0) is 16.2. The van der Waals surface area contributed by atoms with Crippen LogP contribution in [-0.2, 0) is 23.0 Å². The van der Waals surface area contributed by atoms with Crippen molar-refractivity contribution in [2.24, 2.45) is 13.0 Å². The number of hydrogen-bond acceptors (Lipinski definition) is 3. The minimum absolute atomic E-state index is 0.0624. The summed E-state index contributed by atoms with van der Waals surface area (Å²) in [5.74, 6) is 0.559. The Bertz CT molecular complexity index is 653. The summed E-state index contributed by atoms with van der Waals surface area (Å²) in [6, 6.07) is 9.69. The first-order chi connectivity index (χ1) is 11.2. The van der Waals surface area contributed by atoms with Gasteiger partial charge in [0.2, 0.25) is 0 Å². The Morgan fingerprint density at radius 2 is 2.17 bits per heavy atom. The second-order valence-corrected chi connectivity index (χ2v) is 6.19. The van der Waals surface area contributed by atoms with E-state index in [2.05, 4.69) is 5.10 Å². The maximum Gasteiger partial charge on any atom is 0.256 e. The van der Waals surface area contributed by atoms with Crippen LogP contribution >= 0.6 is 0 Å². The molecule has 2 atom stereocenters. The van der Waals surface area contributed by atoms with Gasteiger partial charge >= 0.3 is 0 Å². The van der Waals surface area contributed by atoms with Crippen molar-refractivity contribution in [3.8, 4) is 0 Å². The molecular formula is C18H23N3O2. The molecule has 0 N–H and O–H groups in total. The molecule has 3 rings (SSSR count). The SMILES string of the molecule is CO[C@@H](C(=O)N1CC[C@@H](Cc2cnn(C)c2)C1)c1ccccc1. The minimum Gasteiger partial charge on any atom is -0.367 e. The molecule has 1 saturated heterocycles. The molecule has 1 aliphatic rings. The van der Waals surface area contributed by atoms with E-state index in [-0.39, 0.29) is 5.91 Å². The van der Waals surface area contributed by atoms with E-state index in [1.165, 1.54) is 5.56 Å². The lowest BCUT2D eigenvalue weighted by atomic mass is 10.0. The summed E-state index contributed by atoms with van der Waals surface area (Å²) >= 11 is 0. The lowest BCUT2D eigenvalue weighted by molar-refractivity contribution is -0.141. The lowest BCUT2D eigenvalue weighted by Crippen LogP contribution is -2.34. The summed E-state index contributed by atoms with van der Waals surface area (Å²) in [5.41, 5.74) is 2.15. The maximum atomic E-state index is 12.8. The lowest BCUT2D eigenvalue weighted by Gasteiger charge is -2.23. The van der Waals surface area contributed by atoms with Gasteiger partial charge in [0.15, 0.2) is 6.10 Å². The second kappa shape index (κ2) is 6.96. The number of aryl methyl sites for hydroxylation is 1. The van der Waals surface area contributed by atoms with Crippen LogP contribution in [-0.4, -0.2) is 40.8 Å². The van der Waals surface area contributed by atoms with Gasteiger partial charge in [0.1, 0.15) is 0 Å². The van der Waals surface area contributed by atoms with Crippen LogP contribution in [0.2, 0.25) is 0 Å². The molecule has 23 heavy (non-hydrogen) atoms. The largest absolute Gasteiger partial charge is 0.367 e. The molecule has 5 heteroatoms. The average molecular weight is 313 g/mol. The predicted octanol–water partition coefficient (Wildman–Crippen LogP) is 2.20. The van der Waals surface area contributed by atoms with Crippen LogP contribution in [0.15, 0.2) is 42.7 Å². The van der Waals surface area contributed by atoms with Crippen LogP contribution in [0.5, 0.6) is 0 Å². The Kier molecular flexibility index (Phi) is 4.76. The smallest absolute Gasteiger partial charge is 0.256 e. The highest BCUT2D eigenvalue weighted by molar-refractivity contribution is 5.82. The van der Waals surface area contributed by atoms with Crippen LogP contribution in [0.1, 0.15) is 23.7 Å². The molecule has 1 aliphatic heterocycles. The van der Waals surface area contributed by atoms with E-state index < -0.39 is 6.10 Å². The van der Waals surface area contributed by atoms with Gasteiger partial charge in [0, 0.05) is 33.4 Å². The van der Waals surface area contributed by atoms with E-state index in [1.54, 1.807) is 7.11 Å². The van der Waals surface area contributed by atoms with Gasteiger partial charge in [0.05, 0.1) is 6.20 Å². The normalized spacial score (nSPS) is 19.0. The number of nitrogens with zero attached hydrogens (tertiary/aromatic N) is 3. The first-order valence-electron chi connectivity index (χ1n) is 8.01. The van der Waals surface area contributed by atoms with Crippen LogP contribution in [0, 0.1) is 5.92 Å². The quantitative estimate of drug-likeness (QED) is 0.850. The van der Waals surface area contributed by atoms with Crippen molar-refractivity contribution < 1.29 is 9.53 Å². The third-order valence-corrected chi connectivity index (χ3v) is 4.44. The minimum atomic E-state index is -0.506. The predicted molar refractivity (Wildman–Crippen MR) is 87.8 cm³/mol. The van der Waals surface area contributed by atoms with E-state index in [1.807, 2.05) is 59.4 Å². The van der Waals surface area contributed by atoms with Gasteiger partial charge in [-0.15, -0.1) is 0 Å². The maximum absolute atomic E-state index is 12.8. The number of carbonyl (C=O) groups is 1. The molecule has 1 fully saturated rings. The Labute approximate surface area is 136 Å². The molecule has 0 unspecified atom stereocenters. The summed E-state index contributed by atoms with van der Waals surface area (Å²) in [7, 11) is 3.52. The zero-order valence-electron chi connectivity index (χ0n) is 13.7. The fourth-order valence-electron chi connectivity index (χ4n) is 3.28. The fourth-order valence-corrected chi connectivity index (χ4v) is 3.28. The first kappa shape index (κ1) is 15.7. The van der Waals surface area contributed by atoms with E-state index in [0.29, 0.717) is 5.92 Å². The van der Waals surface area contributed by atoms with Crippen molar-refractivity contribution in [1.29, 1.82) is 0 Å². The number of hydrogen-bond donors (Lipinski definition) is 0. The molecule has 2 aromatic rings. The molecule has 0 aliphatic carbocycles. The highest BCUT2D eigenvalue weighted by Gasteiger charge is 2.31. The summed E-state index contributed by atoms with van der Waals surface area (Å²) in [6.07, 6.45) is 5.46. The summed E-state index contributed by atoms with van der Waals surface area (Å²) < 4.78 is 7.29. The third-order valence-electron chi connectivity index (χ3n) is 4.44. The highest BCUT2D eigenvalue weighted by Crippen LogP contribution is 2.26. The fraction of sp³-hybridized carbons (Fsp3) is 0.444. The number of rotatable bonds is 5. The van der Waals surface area contributed by atoms with Crippen molar-refractivity contribution in [2.45, 2.75) is 18.9 Å². The van der Waals surface area contributed by atoms with Gasteiger partial charge in [-0.25, -0.2) is 0 Å². The standard InChI is InChI=1S/C18H23N3O2/c1-20-12-15(11-19-20)10-14-8-9-21(13-14)18(22)17(23-2)16-6-4-3-5-7-16/h3-7,11-12,14,17H,8-10,13H2,1-2H3/t14-,17+/m0/s1. The van der Waals surface area contributed by atoms with Crippen molar-refractivity contribution in [3.05, 3.63) is 53.9 Å². The van der Waals surface area contributed by atoms with Crippen molar-refractivity contribution >= 4 is 5.91 Å². The number of methoxy groups -OCH3 is 1. The third kappa shape index (κ3) is 3.62. The second-order valence-electron chi connectivity index (χ2n) is 6.19. The van der Waals surface area contributed by atoms with Crippen LogP contribution in [0.3, 0.4) is 0 Å². The van der Waals surface area contributed by atoms with E-state index in [4.69, 9.17) is 4.74 Å². The van der Waals surface area contributed by atoms with Crippen molar-refractivity contribution in [2.75, 3.05) is 20.2 Å². The summed E-state index contributed by atoms with van der Waals surface area (Å²) in [5, 5.41) is 4.21. The van der Waals surface area contributed by atoms with Gasteiger partial charge in [-0.3, -0.25) is 9.48 Å². The molecule has 2 heterocycles. The Morgan fingerprint density at radius 3 is 2.83 bits per heavy atom. The molecule has 1 aromatic carbocycles. The Hall–Kier alpha value is -2.14. The van der Waals surface area contributed by atoms with Gasteiger partial charge in [-0.2, -0.15) is 5.10 Å². The molecule has 0 bridgehead atoms. The molecule has 0 saturated carbocycles. The molecule has 0 radical (unpaired) electrons. The average Bonchev–Trinajstić information content (AvgIpc) is 3.19.